The zero-order valence-corrected chi connectivity index (χ0v) is 21.0. The fourth-order valence-corrected chi connectivity index (χ4v) is 5.22. The number of amides is 2. The molecule has 0 bridgehead atoms. The van der Waals surface area contributed by atoms with Crippen LogP contribution in [0.15, 0.2) is 42.7 Å². The van der Waals surface area contributed by atoms with E-state index in [0.29, 0.717) is 36.8 Å². The molecule has 2 heterocycles. The van der Waals surface area contributed by atoms with Crippen molar-refractivity contribution < 1.29 is 19.5 Å². The monoisotopic (exact) mass is 492 g/mol. The number of aromatic nitrogens is 1. The number of likely N-dealkylation sites (N-methyl/N-ethyl adjacent to an activating group) is 1. The maximum Gasteiger partial charge on any atom is 0.305 e. The number of carboxylic acid groups (broad SMARTS) is 1. The predicted molar refractivity (Wildman–Crippen MR) is 138 cm³/mol. The first-order valence-electron chi connectivity index (χ1n) is 12.9. The number of rotatable bonds is 9. The summed E-state index contributed by atoms with van der Waals surface area (Å²) in [5.41, 5.74) is 3.17. The average molecular weight is 493 g/mol. The van der Waals surface area contributed by atoms with Crippen molar-refractivity contribution in [1.29, 1.82) is 0 Å². The van der Waals surface area contributed by atoms with E-state index in [0.717, 1.165) is 24.0 Å². The summed E-state index contributed by atoms with van der Waals surface area (Å²) in [6.45, 7) is 1.60. The maximum atomic E-state index is 13.3. The van der Waals surface area contributed by atoms with Crippen LogP contribution in [-0.2, 0) is 22.6 Å². The van der Waals surface area contributed by atoms with Gasteiger partial charge in [0.05, 0.1) is 6.42 Å². The Labute approximate surface area is 212 Å². The number of carboxylic acids is 1. The van der Waals surface area contributed by atoms with Crippen molar-refractivity contribution >= 4 is 23.5 Å². The van der Waals surface area contributed by atoms with Gasteiger partial charge < -0.3 is 20.2 Å². The molecule has 2 aromatic rings. The van der Waals surface area contributed by atoms with Crippen molar-refractivity contribution in [3.8, 4) is 0 Å². The minimum absolute atomic E-state index is 0.117. The second-order valence-corrected chi connectivity index (χ2v) is 10.1. The Morgan fingerprint density at radius 2 is 1.89 bits per heavy atom. The van der Waals surface area contributed by atoms with Gasteiger partial charge in [0, 0.05) is 50.3 Å². The van der Waals surface area contributed by atoms with E-state index in [2.05, 4.69) is 10.3 Å². The van der Waals surface area contributed by atoms with Crippen LogP contribution in [0, 0.1) is 5.92 Å². The number of pyridine rings is 1. The summed E-state index contributed by atoms with van der Waals surface area (Å²) in [5, 5.41) is 12.6. The third-order valence-corrected chi connectivity index (χ3v) is 7.40. The van der Waals surface area contributed by atoms with E-state index in [1.54, 1.807) is 41.4 Å². The normalized spacial score (nSPS) is 18.2. The van der Waals surface area contributed by atoms with Crippen LogP contribution < -0.4 is 5.32 Å². The number of anilines is 1. The van der Waals surface area contributed by atoms with Crippen molar-refractivity contribution in [3.63, 3.8) is 0 Å². The summed E-state index contributed by atoms with van der Waals surface area (Å²) in [6, 6.07) is 8.45. The molecule has 0 radical (unpaired) electrons. The number of aliphatic carboxylic acids is 1. The highest BCUT2D eigenvalue weighted by Gasteiger charge is 2.31. The van der Waals surface area contributed by atoms with Gasteiger partial charge in [0.15, 0.2) is 0 Å². The minimum Gasteiger partial charge on any atom is -0.481 e. The van der Waals surface area contributed by atoms with Crippen LogP contribution in [0.2, 0.25) is 0 Å². The summed E-state index contributed by atoms with van der Waals surface area (Å²) in [7, 11) is 1.77. The first-order chi connectivity index (χ1) is 17.4. The zero-order chi connectivity index (χ0) is 25.5. The van der Waals surface area contributed by atoms with Crippen LogP contribution >= 0.6 is 0 Å². The number of carbonyl (C=O) groups excluding carboxylic acids is 2. The van der Waals surface area contributed by atoms with Gasteiger partial charge in [-0.05, 0) is 54.2 Å². The van der Waals surface area contributed by atoms with Crippen molar-refractivity contribution in [2.75, 3.05) is 25.5 Å². The molecule has 0 saturated heterocycles. The SMILES string of the molecule is CN(CCc1ccncc1)C(=O)c1ccc2c(c1)N[C@H](CC(=O)O)C(=O)N(CCC1CCCCC1)C2. The lowest BCUT2D eigenvalue weighted by Crippen LogP contribution is -2.42. The van der Waals surface area contributed by atoms with Gasteiger partial charge >= 0.3 is 5.97 Å². The van der Waals surface area contributed by atoms with Gasteiger partial charge in [-0.2, -0.15) is 0 Å². The third-order valence-electron chi connectivity index (χ3n) is 7.40. The highest BCUT2D eigenvalue weighted by atomic mass is 16.4. The predicted octanol–water partition coefficient (Wildman–Crippen LogP) is 3.96. The second-order valence-electron chi connectivity index (χ2n) is 10.1. The summed E-state index contributed by atoms with van der Waals surface area (Å²) >= 11 is 0. The van der Waals surface area contributed by atoms with Crippen LogP contribution in [0.25, 0.3) is 0 Å². The molecule has 2 N–H and O–H groups in total. The highest BCUT2D eigenvalue weighted by molar-refractivity contribution is 5.96. The number of nitrogens with zero attached hydrogens (tertiary/aromatic N) is 3. The fraction of sp³-hybridized carbons (Fsp3) is 0.500. The topological polar surface area (TPSA) is 103 Å². The van der Waals surface area contributed by atoms with Crippen molar-refractivity contribution in [2.24, 2.45) is 5.92 Å². The lowest BCUT2D eigenvalue weighted by atomic mass is 9.87. The fourth-order valence-electron chi connectivity index (χ4n) is 5.22. The number of benzene rings is 1. The lowest BCUT2D eigenvalue weighted by Gasteiger charge is -2.27. The number of fused-ring (bicyclic) bond motifs is 1. The molecule has 8 heteroatoms. The Hall–Kier alpha value is -3.42. The molecule has 192 valence electrons. The zero-order valence-electron chi connectivity index (χ0n) is 21.0. The quantitative estimate of drug-likeness (QED) is 0.549. The second kappa shape index (κ2) is 12.0. The van der Waals surface area contributed by atoms with E-state index in [1.807, 2.05) is 18.2 Å². The lowest BCUT2D eigenvalue weighted by molar-refractivity contribution is -0.141. The van der Waals surface area contributed by atoms with Crippen molar-refractivity contribution in [1.82, 2.24) is 14.8 Å². The molecule has 0 unspecified atom stereocenters. The van der Waals surface area contributed by atoms with Crippen molar-refractivity contribution in [2.45, 2.75) is 64.0 Å². The molecule has 1 aliphatic carbocycles. The molecule has 1 fully saturated rings. The van der Waals surface area contributed by atoms with Gasteiger partial charge in [-0.15, -0.1) is 0 Å². The minimum atomic E-state index is -1.03. The Morgan fingerprint density at radius 1 is 1.14 bits per heavy atom. The smallest absolute Gasteiger partial charge is 0.305 e. The van der Waals surface area contributed by atoms with Gasteiger partial charge in [0.25, 0.3) is 5.91 Å². The first kappa shape index (κ1) is 25.7. The average Bonchev–Trinajstić information content (AvgIpc) is 3.02. The molecule has 36 heavy (non-hydrogen) atoms. The summed E-state index contributed by atoms with van der Waals surface area (Å²) in [5.74, 6) is -0.706. The van der Waals surface area contributed by atoms with Gasteiger partial charge in [0.2, 0.25) is 5.91 Å². The molecule has 1 aromatic carbocycles. The molecular weight excluding hydrogens is 456 g/mol. The van der Waals surface area contributed by atoms with Crippen molar-refractivity contribution in [3.05, 3.63) is 59.4 Å². The van der Waals surface area contributed by atoms with Gasteiger partial charge in [-0.1, -0.05) is 38.2 Å². The van der Waals surface area contributed by atoms with E-state index in [4.69, 9.17) is 0 Å². The first-order valence-corrected chi connectivity index (χ1v) is 12.9. The Kier molecular flexibility index (Phi) is 8.57. The number of carbonyl (C=O) groups is 3. The van der Waals surface area contributed by atoms with Crippen LogP contribution in [0.5, 0.6) is 0 Å². The number of nitrogens with one attached hydrogen (secondary N) is 1. The van der Waals surface area contributed by atoms with Crippen LogP contribution in [0.4, 0.5) is 5.69 Å². The molecule has 2 amide bonds. The van der Waals surface area contributed by atoms with Gasteiger partial charge in [-0.3, -0.25) is 19.4 Å². The summed E-state index contributed by atoms with van der Waals surface area (Å²) in [4.78, 5) is 45.4. The van der Waals surface area contributed by atoms with Crippen LogP contribution in [0.3, 0.4) is 0 Å². The number of hydrogen-bond donors (Lipinski definition) is 2. The largest absolute Gasteiger partial charge is 0.481 e. The van der Waals surface area contributed by atoms with E-state index in [-0.39, 0.29) is 18.2 Å². The maximum absolute atomic E-state index is 13.3. The Balaban J connectivity index is 1.48. The number of hydrogen-bond acceptors (Lipinski definition) is 5. The summed E-state index contributed by atoms with van der Waals surface area (Å²) < 4.78 is 0. The van der Waals surface area contributed by atoms with Gasteiger partial charge in [0.1, 0.15) is 6.04 Å². The van der Waals surface area contributed by atoms with E-state index >= 15 is 0 Å². The summed E-state index contributed by atoms with van der Waals surface area (Å²) in [6.07, 6.45) is 11.0. The molecular formula is C28H36N4O4. The molecule has 4 rings (SSSR count). The van der Waals surface area contributed by atoms with Crippen LogP contribution in [0.1, 0.15) is 66.4 Å². The standard InChI is InChI=1S/C28H36N4O4/c1-31(15-11-21-9-13-29-14-10-21)27(35)22-7-8-23-19-32(16-12-20-5-3-2-4-6-20)28(36)25(18-26(33)34)30-24(23)17-22/h7-10,13-14,17,20,25,30H,2-6,11-12,15-16,18-19H2,1H3,(H,33,34)/t25-/m1/s1. The van der Waals surface area contributed by atoms with E-state index in [9.17, 15) is 19.5 Å². The molecule has 2 aliphatic rings. The van der Waals surface area contributed by atoms with E-state index in [1.165, 1.54) is 32.1 Å². The molecule has 8 nitrogen and oxygen atoms in total. The third kappa shape index (κ3) is 6.62. The molecule has 1 saturated carbocycles. The molecule has 1 atom stereocenters. The Bertz CT molecular complexity index is 1070. The molecule has 1 aliphatic heterocycles. The van der Waals surface area contributed by atoms with Crippen LogP contribution in [-0.4, -0.2) is 63.9 Å². The van der Waals surface area contributed by atoms with Gasteiger partial charge in [-0.25, -0.2) is 0 Å². The molecule has 1 aromatic heterocycles. The van der Waals surface area contributed by atoms with E-state index < -0.39 is 12.0 Å². The Morgan fingerprint density at radius 3 is 2.61 bits per heavy atom. The molecule has 0 spiro atoms. The highest BCUT2D eigenvalue weighted by Crippen LogP contribution is 2.29.